The van der Waals surface area contributed by atoms with Crippen molar-refractivity contribution < 1.29 is 8.78 Å². The maximum Gasteiger partial charge on any atom is 0.273 e. The number of rotatable bonds is 4. The molecule has 1 aliphatic rings. The molecule has 1 aromatic carbocycles. The summed E-state index contributed by atoms with van der Waals surface area (Å²) >= 11 is 0. The summed E-state index contributed by atoms with van der Waals surface area (Å²) in [6.45, 7) is 2.57. The van der Waals surface area contributed by atoms with Gasteiger partial charge in [0.2, 0.25) is 0 Å². The minimum atomic E-state index is -2.70. The molecule has 0 aliphatic carbocycles. The van der Waals surface area contributed by atoms with E-state index in [1.54, 1.807) is 12.1 Å². The highest BCUT2D eigenvalue weighted by molar-refractivity contribution is 5.27. The van der Waals surface area contributed by atoms with Crippen molar-refractivity contribution >= 4 is 0 Å². The fourth-order valence-corrected chi connectivity index (χ4v) is 2.51. The van der Waals surface area contributed by atoms with Crippen LogP contribution in [0.1, 0.15) is 43.7 Å². The molecule has 1 heterocycles. The first-order valence-corrected chi connectivity index (χ1v) is 6.82. The van der Waals surface area contributed by atoms with Crippen molar-refractivity contribution in [2.75, 3.05) is 6.54 Å². The first-order valence-electron chi connectivity index (χ1n) is 6.82. The van der Waals surface area contributed by atoms with Crippen LogP contribution in [0.3, 0.4) is 0 Å². The summed E-state index contributed by atoms with van der Waals surface area (Å²) < 4.78 is 27.3. The van der Waals surface area contributed by atoms with Gasteiger partial charge in [-0.3, -0.25) is 0 Å². The van der Waals surface area contributed by atoms with E-state index in [4.69, 9.17) is 0 Å². The van der Waals surface area contributed by atoms with E-state index in [-0.39, 0.29) is 12.0 Å². The van der Waals surface area contributed by atoms with Gasteiger partial charge in [0.1, 0.15) is 0 Å². The highest BCUT2D eigenvalue weighted by atomic mass is 19.3. The molecule has 18 heavy (non-hydrogen) atoms. The molecule has 2 rings (SSSR count). The predicted octanol–water partition coefficient (Wildman–Crippen LogP) is 3.87. The molecule has 3 heteroatoms. The molecule has 1 unspecified atom stereocenters. The van der Waals surface area contributed by atoms with Crippen molar-refractivity contribution in [1.82, 2.24) is 5.32 Å². The van der Waals surface area contributed by atoms with Gasteiger partial charge in [0, 0.05) is 18.0 Å². The van der Waals surface area contributed by atoms with Crippen molar-refractivity contribution in [3.8, 4) is 0 Å². The Morgan fingerprint density at radius 3 is 2.83 bits per heavy atom. The van der Waals surface area contributed by atoms with Crippen LogP contribution in [-0.4, -0.2) is 12.6 Å². The van der Waals surface area contributed by atoms with Gasteiger partial charge in [-0.25, -0.2) is 8.78 Å². The molecule has 0 spiro atoms. The number of hydrogen-bond donors (Lipinski definition) is 1. The van der Waals surface area contributed by atoms with Crippen LogP contribution < -0.4 is 5.32 Å². The summed E-state index contributed by atoms with van der Waals surface area (Å²) in [6.07, 6.45) is 4.33. The lowest BCUT2D eigenvalue weighted by Crippen LogP contribution is -2.35. The van der Waals surface area contributed by atoms with Gasteiger partial charge in [0.05, 0.1) is 0 Å². The van der Waals surface area contributed by atoms with E-state index >= 15 is 0 Å². The van der Waals surface area contributed by atoms with Crippen LogP contribution in [-0.2, 0) is 12.3 Å². The third-order valence-corrected chi connectivity index (χ3v) is 3.69. The Kier molecular flexibility index (Phi) is 4.33. The van der Waals surface area contributed by atoms with Crippen LogP contribution in [0.2, 0.25) is 0 Å². The maximum atomic E-state index is 13.6. The van der Waals surface area contributed by atoms with Crippen molar-refractivity contribution in [3.63, 3.8) is 0 Å². The van der Waals surface area contributed by atoms with Gasteiger partial charge in [0.25, 0.3) is 5.92 Å². The largest absolute Gasteiger partial charge is 0.314 e. The molecule has 1 aromatic rings. The van der Waals surface area contributed by atoms with Crippen molar-refractivity contribution in [1.29, 1.82) is 0 Å². The summed E-state index contributed by atoms with van der Waals surface area (Å²) in [4.78, 5) is 0. The van der Waals surface area contributed by atoms with Crippen LogP contribution in [0.25, 0.3) is 0 Å². The van der Waals surface area contributed by atoms with Crippen molar-refractivity contribution in [2.24, 2.45) is 0 Å². The molecular formula is C15H21F2N. The summed E-state index contributed by atoms with van der Waals surface area (Å²) in [7, 11) is 0. The van der Waals surface area contributed by atoms with E-state index in [1.807, 2.05) is 6.07 Å². The normalized spacial score (nSPS) is 20.9. The third-order valence-electron chi connectivity index (χ3n) is 3.69. The number of hydrogen-bond acceptors (Lipinski definition) is 1. The van der Waals surface area contributed by atoms with Crippen LogP contribution in [0.4, 0.5) is 8.78 Å². The quantitative estimate of drug-likeness (QED) is 0.858. The SMILES string of the molecule is CCC(F)(F)c1cccc(CC2CCCCN2)c1. The summed E-state index contributed by atoms with van der Waals surface area (Å²) in [5, 5.41) is 3.45. The molecule has 1 atom stereocenters. The van der Waals surface area contributed by atoms with E-state index in [2.05, 4.69) is 5.32 Å². The Bertz CT molecular complexity index is 384. The van der Waals surface area contributed by atoms with E-state index in [0.717, 1.165) is 24.9 Å². The van der Waals surface area contributed by atoms with Crippen LogP contribution in [0, 0.1) is 0 Å². The average molecular weight is 253 g/mol. The van der Waals surface area contributed by atoms with E-state index in [0.29, 0.717) is 6.04 Å². The molecule has 1 saturated heterocycles. The zero-order chi connectivity index (χ0) is 13.0. The second-order valence-corrected chi connectivity index (χ2v) is 5.11. The molecule has 0 radical (unpaired) electrons. The highest BCUT2D eigenvalue weighted by Gasteiger charge is 2.29. The lowest BCUT2D eigenvalue weighted by atomic mass is 9.95. The molecule has 0 saturated carbocycles. The zero-order valence-corrected chi connectivity index (χ0v) is 10.9. The van der Waals surface area contributed by atoms with Gasteiger partial charge in [-0.15, -0.1) is 0 Å². The molecule has 0 aromatic heterocycles. The topological polar surface area (TPSA) is 12.0 Å². The van der Waals surface area contributed by atoms with Gasteiger partial charge in [0.15, 0.2) is 0 Å². The minimum absolute atomic E-state index is 0.141. The monoisotopic (exact) mass is 253 g/mol. The molecule has 0 bridgehead atoms. The number of halogens is 2. The number of nitrogens with one attached hydrogen (secondary N) is 1. The fourth-order valence-electron chi connectivity index (χ4n) is 2.51. The van der Waals surface area contributed by atoms with Crippen LogP contribution in [0.5, 0.6) is 0 Å². The molecule has 1 aliphatic heterocycles. The predicted molar refractivity (Wildman–Crippen MR) is 70.0 cm³/mol. The Morgan fingerprint density at radius 1 is 1.33 bits per heavy atom. The van der Waals surface area contributed by atoms with Gasteiger partial charge in [-0.2, -0.15) is 0 Å². The third kappa shape index (κ3) is 3.29. The molecule has 0 amide bonds. The Balaban J connectivity index is 2.07. The van der Waals surface area contributed by atoms with Gasteiger partial charge in [-0.1, -0.05) is 31.5 Å². The van der Waals surface area contributed by atoms with Gasteiger partial charge in [-0.05, 0) is 37.4 Å². The van der Waals surface area contributed by atoms with E-state index < -0.39 is 5.92 Å². The lowest BCUT2D eigenvalue weighted by molar-refractivity contribution is -0.00836. The van der Waals surface area contributed by atoms with Crippen LogP contribution >= 0.6 is 0 Å². The molecule has 100 valence electrons. The highest BCUT2D eigenvalue weighted by Crippen LogP contribution is 2.31. The summed E-state index contributed by atoms with van der Waals surface area (Å²) in [6, 6.07) is 7.34. The van der Waals surface area contributed by atoms with Gasteiger partial charge >= 0.3 is 0 Å². The lowest BCUT2D eigenvalue weighted by Gasteiger charge is -2.24. The van der Waals surface area contributed by atoms with Crippen LogP contribution in [0.15, 0.2) is 24.3 Å². The first kappa shape index (κ1) is 13.5. The minimum Gasteiger partial charge on any atom is -0.314 e. The standard InChI is InChI=1S/C15H21F2N/c1-2-15(16,17)13-7-5-6-12(10-13)11-14-8-3-4-9-18-14/h5-7,10,14,18H,2-4,8-9,11H2,1H3. The fraction of sp³-hybridized carbons (Fsp3) is 0.600. The van der Waals surface area contributed by atoms with Gasteiger partial charge < -0.3 is 5.32 Å². The molecule has 1 N–H and O–H groups in total. The number of piperidine rings is 1. The van der Waals surface area contributed by atoms with E-state index in [1.165, 1.54) is 25.8 Å². The average Bonchev–Trinajstić information content (AvgIpc) is 2.40. The summed E-state index contributed by atoms with van der Waals surface area (Å²) in [5.41, 5.74) is 1.17. The summed E-state index contributed by atoms with van der Waals surface area (Å²) in [5.74, 6) is -2.70. The smallest absolute Gasteiger partial charge is 0.273 e. The number of alkyl halides is 2. The number of benzene rings is 1. The van der Waals surface area contributed by atoms with Crippen molar-refractivity contribution in [3.05, 3.63) is 35.4 Å². The Hall–Kier alpha value is -0.960. The second kappa shape index (κ2) is 5.79. The molecule has 1 fully saturated rings. The first-order chi connectivity index (χ1) is 8.62. The Labute approximate surface area is 108 Å². The maximum absolute atomic E-state index is 13.6. The molecule has 1 nitrogen and oxygen atoms in total. The van der Waals surface area contributed by atoms with Crippen molar-refractivity contribution in [2.45, 2.75) is 51.0 Å². The second-order valence-electron chi connectivity index (χ2n) is 5.11. The zero-order valence-electron chi connectivity index (χ0n) is 10.9. The molecular weight excluding hydrogens is 232 g/mol. The van der Waals surface area contributed by atoms with E-state index in [9.17, 15) is 8.78 Å². The Morgan fingerprint density at radius 2 is 2.17 bits per heavy atom.